The van der Waals surface area contributed by atoms with E-state index in [9.17, 15) is 4.79 Å². The number of aromatic amines is 1. The van der Waals surface area contributed by atoms with Gasteiger partial charge in [0.2, 0.25) is 0 Å². The fourth-order valence-electron chi connectivity index (χ4n) is 3.54. The molecule has 2 aliphatic rings. The van der Waals surface area contributed by atoms with Crippen LogP contribution in [0.4, 0.5) is 0 Å². The topological polar surface area (TPSA) is 39.3 Å². The van der Waals surface area contributed by atoms with Gasteiger partial charge in [0.25, 0.3) is 5.91 Å². The van der Waals surface area contributed by atoms with Crippen LogP contribution in [-0.2, 0) is 0 Å². The van der Waals surface area contributed by atoms with Crippen LogP contribution < -0.4 is 0 Å². The predicted molar refractivity (Wildman–Crippen MR) is 75.1 cm³/mol. The number of carbonyl (C=O) groups is 1. The van der Waals surface area contributed by atoms with Gasteiger partial charge in [-0.2, -0.15) is 0 Å². The molecule has 3 rings (SSSR count). The maximum atomic E-state index is 12.2. The lowest BCUT2D eigenvalue weighted by Crippen LogP contribution is -2.54. The lowest BCUT2D eigenvalue weighted by Gasteiger charge is -2.54. The highest BCUT2D eigenvalue weighted by Crippen LogP contribution is 2.50. The number of aromatic nitrogens is 1. The van der Waals surface area contributed by atoms with Crippen molar-refractivity contribution in [3.63, 3.8) is 0 Å². The van der Waals surface area contributed by atoms with Crippen molar-refractivity contribution in [3.8, 4) is 0 Å². The molecule has 1 amide bonds. The molecule has 4 heteroatoms. The van der Waals surface area contributed by atoms with Gasteiger partial charge >= 0.3 is 0 Å². The van der Waals surface area contributed by atoms with Gasteiger partial charge < -0.3 is 14.8 Å². The number of nitrogens with zero attached hydrogens (tertiary/aromatic N) is 2. The van der Waals surface area contributed by atoms with Crippen LogP contribution in [0.1, 0.15) is 36.0 Å². The summed E-state index contributed by atoms with van der Waals surface area (Å²) in [4.78, 5) is 19.5. The van der Waals surface area contributed by atoms with Gasteiger partial charge in [-0.15, -0.1) is 0 Å². The van der Waals surface area contributed by atoms with E-state index in [0.29, 0.717) is 5.41 Å². The minimum Gasteiger partial charge on any atom is -0.367 e. The molecule has 1 aromatic rings. The van der Waals surface area contributed by atoms with E-state index in [2.05, 4.69) is 24.0 Å². The van der Waals surface area contributed by atoms with Gasteiger partial charge in [-0.3, -0.25) is 4.79 Å². The summed E-state index contributed by atoms with van der Waals surface area (Å²) in [5.41, 5.74) is 1.32. The molecule has 2 fully saturated rings. The van der Waals surface area contributed by atoms with Gasteiger partial charge in [0, 0.05) is 31.5 Å². The molecule has 2 heterocycles. The SMILES string of the molecule is CN(C)C1CC2(CCN(C(=O)c3cc[nH]c3)CC2)C1. The highest BCUT2D eigenvalue weighted by molar-refractivity contribution is 5.94. The van der Waals surface area contributed by atoms with E-state index in [4.69, 9.17) is 0 Å². The number of hydrogen-bond acceptors (Lipinski definition) is 2. The molecule has 1 aliphatic heterocycles. The van der Waals surface area contributed by atoms with Crippen molar-refractivity contribution in [2.45, 2.75) is 31.7 Å². The number of carbonyl (C=O) groups excluding carboxylic acids is 1. The van der Waals surface area contributed by atoms with Crippen LogP contribution in [0.15, 0.2) is 18.5 Å². The molecule has 4 nitrogen and oxygen atoms in total. The normalized spacial score (nSPS) is 22.8. The van der Waals surface area contributed by atoms with Crippen molar-refractivity contribution < 1.29 is 4.79 Å². The molecule has 1 N–H and O–H groups in total. The summed E-state index contributed by atoms with van der Waals surface area (Å²) in [5, 5.41) is 0. The smallest absolute Gasteiger partial charge is 0.255 e. The second-order valence-corrected chi connectivity index (χ2v) is 6.42. The molecule has 1 spiro atoms. The lowest BCUT2D eigenvalue weighted by atomic mass is 9.60. The molecule has 0 radical (unpaired) electrons. The summed E-state index contributed by atoms with van der Waals surface area (Å²) in [6, 6.07) is 2.62. The zero-order valence-corrected chi connectivity index (χ0v) is 11.9. The van der Waals surface area contributed by atoms with Crippen LogP contribution in [0.5, 0.6) is 0 Å². The Hall–Kier alpha value is -1.29. The molecular weight excluding hydrogens is 238 g/mol. The van der Waals surface area contributed by atoms with Crippen LogP contribution in [-0.4, -0.2) is 53.9 Å². The zero-order chi connectivity index (χ0) is 13.5. The molecular formula is C15H23N3O. The first-order valence-corrected chi connectivity index (χ1v) is 7.18. The van der Waals surface area contributed by atoms with E-state index in [1.54, 1.807) is 6.20 Å². The summed E-state index contributed by atoms with van der Waals surface area (Å²) in [5.74, 6) is 0.180. The first-order chi connectivity index (χ1) is 9.10. The number of hydrogen-bond donors (Lipinski definition) is 1. The third-order valence-electron chi connectivity index (χ3n) is 5.02. The molecule has 1 saturated carbocycles. The van der Waals surface area contributed by atoms with Gasteiger partial charge in [-0.1, -0.05) is 0 Å². The third kappa shape index (κ3) is 2.29. The summed E-state index contributed by atoms with van der Waals surface area (Å²) >= 11 is 0. The summed E-state index contributed by atoms with van der Waals surface area (Å²) < 4.78 is 0. The van der Waals surface area contributed by atoms with Crippen molar-refractivity contribution >= 4 is 5.91 Å². The second kappa shape index (κ2) is 4.67. The van der Waals surface area contributed by atoms with Gasteiger partial charge in [-0.05, 0) is 51.3 Å². The Balaban J connectivity index is 1.55. The number of rotatable bonds is 2. The Labute approximate surface area is 114 Å². The predicted octanol–water partition coefficient (Wildman–Crippen LogP) is 1.96. The van der Waals surface area contributed by atoms with Gasteiger partial charge in [-0.25, -0.2) is 0 Å². The first-order valence-electron chi connectivity index (χ1n) is 7.18. The fourth-order valence-corrected chi connectivity index (χ4v) is 3.54. The Morgan fingerprint density at radius 2 is 2.05 bits per heavy atom. The van der Waals surface area contributed by atoms with Crippen LogP contribution in [0.2, 0.25) is 0 Å². The Kier molecular flexibility index (Phi) is 3.13. The van der Waals surface area contributed by atoms with E-state index in [0.717, 1.165) is 24.7 Å². The number of H-pyrrole nitrogens is 1. The number of amides is 1. The first kappa shape index (κ1) is 12.7. The Morgan fingerprint density at radius 1 is 1.37 bits per heavy atom. The van der Waals surface area contributed by atoms with Gasteiger partial charge in [0.15, 0.2) is 0 Å². The highest BCUT2D eigenvalue weighted by Gasteiger charge is 2.46. The second-order valence-electron chi connectivity index (χ2n) is 6.42. The minimum absolute atomic E-state index is 0.180. The maximum Gasteiger partial charge on any atom is 0.255 e. The maximum absolute atomic E-state index is 12.2. The molecule has 1 saturated heterocycles. The third-order valence-corrected chi connectivity index (χ3v) is 5.02. The molecule has 1 aliphatic carbocycles. The van der Waals surface area contributed by atoms with Crippen LogP contribution in [0, 0.1) is 5.41 Å². The van der Waals surface area contributed by atoms with E-state index >= 15 is 0 Å². The lowest BCUT2D eigenvalue weighted by molar-refractivity contribution is -0.0231. The van der Waals surface area contributed by atoms with Crippen LogP contribution >= 0.6 is 0 Å². The fraction of sp³-hybridized carbons (Fsp3) is 0.667. The average molecular weight is 261 g/mol. The Morgan fingerprint density at radius 3 is 2.58 bits per heavy atom. The number of piperidine rings is 1. The van der Waals surface area contributed by atoms with Crippen molar-refractivity contribution in [2.24, 2.45) is 5.41 Å². The van der Waals surface area contributed by atoms with Crippen LogP contribution in [0.25, 0.3) is 0 Å². The quantitative estimate of drug-likeness (QED) is 0.884. The van der Waals surface area contributed by atoms with E-state index < -0.39 is 0 Å². The Bertz CT molecular complexity index is 436. The molecule has 19 heavy (non-hydrogen) atoms. The highest BCUT2D eigenvalue weighted by atomic mass is 16.2. The largest absolute Gasteiger partial charge is 0.367 e. The van der Waals surface area contributed by atoms with Crippen molar-refractivity contribution in [3.05, 3.63) is 24.0 Å². The standard InChI is InChI=1S/C15H23N3O/c1-17(2)13-9-15(10-13)4-7-18(8-5-15)14(19)12-3-6-16-11-12/h3,6,11,13,16H,4-5,7-10H2,1-2H3. The zero-order valence-electron chi connectivity index (χ0n) is 11.9. The molecule has 0 unspecified atom stereocenters. The number of likely N-dealkylation sites (tertiary alicyclic amines) is 1. The molecule has 0 aromatic carbocycles. The monoisotopic (exact) mass is 261 g/mol. The average Bonchev–Trinajstić information content (AvgIpc) is 2.89. The summed E-state index contributed by atoms with van der Waals surface area (Å²) in [6.45, 7) is 1.84. The van der Waals surface area contributed by atoms with E-state index in [1.807, 2.05) is 17.2 Å². The van der Waals surface area contributed by atoms with Crippen molar-refractivity contribution in [2.75, 3.05) is 27.2 Å². The van der Waals surface area contributed by atoms with Gasteiger partial charge in [0.1, 0.15) is 0 Å². The number of nitrogens with one attached hydrogen (secondary N) is 1. The minimum atomic E-state index is 0.180. The molecule has 104 valence electrons. The van der Waals surface area contributed by atoms with E-state index in [1.165, 1.54) is 25.7 Å². The van der Waals surface area contributed by atoms with Crippen molar-refractivity contribution in [1.29, 1.82) is 0 Å². The summed E-state index contributed by atoms with van der Waals surface area (Å²) in [7, 11) is 4.34. The van der Waals surface area contributed by atoms with Crippen LogP contribution in [0.3, 0.4) is 0 Å². The summed E-state index contributed by atoms with van der Waals surface area (Å²) in [6.07, 6.45) is 8.57. The van der Waals surface area contributed by atoms with Crippen molar-refractivity contribution in [1.82, 2.24) is 14.8 Å². The molecule has 0 atom stereocenters. The molecule has 0 bridgehead atoms. The molecule has 1 aromatic heterocycles. The van der Waals surface area contributed by atoms with E-state index in [-0.39, 0.29) is 5.91 Å². The van der Waals surface area contributed by atoms with Gasteiger partial charge in [0.05, 0.1) is 5.56 Å².